The summed E-state index contributed by atoms with van der Waals surface area (Å²) in [6.07, 6.45) is 2.49. The molecule has 1 aliphatic rings. The van der Waals surface area contributed by atoms with E-state index in [2.05, 4.69) is 15.1 Å². The maximum absolute atomic E-state index is 12.0. The number of nitrogens with zero attached hydrogens (tertiary/aromatic N) is 3. The monoisotopic (exact) mass is 248 g/mol. The highest BCUT2D eigenvalue weighted by atomic mass is 16.5. The number of nitrogens with one attached hydrogen (secondary N) is 1. The third kappa shape index (κ3) is 1.73. The van der Waals surface area contributed by atoms with Crippen molar-refractivity contribution in [1.82, 2.24) is 19.7 Å². The molecule has 0 saturated carbocycles. The summed E-state index contributed by atoms with van der Waals surface area (Å²) in [5.74, 6) is 0.907. The molecule has 0 radical (unpaired) electrons. The summed E-state index contributed by atoms with van der Waals surface area (Å²) in [6, 6.07) is 0.202. The summed E-state index contributed by atoms with van der Waals surface area (Å²) in [5.41, 5.74) is 0.546. The fourth-order valence-corrected chi connectivity index (χ4v) is 2.30. The van der Waals surface area contributed by atoms with Crippen LogP contribution in [0.15, 0.2) is 11.0 Å². The van der Waals surface area contributed by atoms with Crippen LogP contribution in [0.5, 0.6) is 0 Å². The van der Waals surface area contributed by atoms with E-state index < -0.39 is 0 Å². The minimum atomic E-state index is -0.211. The van der Waals surface area contributed by atoms with E-state index in [0.717, 1.165) is 18.7 Å². The van der Waals surface area contributed by atoms with Crippen molar-refractivity contribution in [2.45, 2.75) is 32.2 Å². The molecule has 1 N–H and O–H groups in total. The molecule has 1 fully saturated rings. The second-order valence-corrected chi connectivity index (χ2v) is 4.93. The van der Waals surface area contributed by atoms with Crippen LogP contribution in [0.4, 0.5) is 0 Å². The van der Waals surface area contributed by atoms with Gasteiger partial charge in [-0.2, -0.15) is 10.1 Å². The maximum atomic E-state index is 12.0. The average molecular weight is 248 g/mol. The van der Waals surface area contributed by atoms with Gasteiger partial charge in [-0.05, 0) is 20.3 Å². The molecule has 1 aliphatic heterocycles. The van der Waals surface area contributed by atoms with Crippen molar-refractivity contribution < 1.29 is 4.74 Å². The van der Waals surface area contributed by atoms with Crippen molar-refractivity contribution >= 4 is 11.0 Å². The van der Waals surface area contributed by atoms with E-state index in [0.29, 0.717) is 17.8 Å². The summed E-state index contributed by atoms with van der Waals surface area (Å²) in [7, 11) is 0. The first-order valence-electron chi connectivity index (χ1n) is 6.22. The van der Waals surface area contributed by atoms with Crippen molar-refractivity contribution in [2.24, 2.45) is 0 Å². The molecular formula is C12H16N4O2. The largest absolute Gasteiger partial charge is 0.381 e. The van der Waals surface area contributed by atoms with Gasteiger partial charge in [0.1, 0.15) is 16.9 Å². The van der Waals surface area contributed by atoms with Gasteiger partial charge in [0.15, 0.2) is 0 Å². The van der Waals surface area contributed by atoms with Gasteiger partial charge < -0.3 is 9.72 Å². The number of ether oxygens (including phenoxy) is 1. The molecule has 2 aromatic rings. The van der Waals surface area contributed by atoms with Gasteiger partial charge in [0.25, 0.3) is 5.56 Å². The number of fused-ring (bicyclic) bond motifs is 1. The van der Waals surface area contributed by atoms with Crippen molar-refractivity contribution in [2.75, 3.05) is 13.2 Å². The second kappa shape index (κ2) is 4.20. The first-order valence-corrected chi connectivity index (χ1v) is 6.22. The van der Waals surface area contributed by atoms with Crippen molar-refractivity contribution in [1.29, 1.82) is 0 Å². The molecule has 0 aromatic carbocycles. The van der Waals surface area contributed by atoms with E-state index in [1.807, 2.05) is 18.5 Å². The zero-order chi connectivity index (χ0) is 12.7. The van der Waals surface area contributed by atoms with Gasteiger partial charge in [0.2, 0.25) is 0 Å². The first kappa shape index (κ1) is 11.4. The second-order valence-electron chi connectivity index (χ2n) is 4.93. The van der Waals surface area contributed by atoms with E-state index >= 15 is 0 Å². The summed E-state index contributed by atoms with van der Waals surface area (Å²) in [4.78, 5) is 19.3. The standard InChI is InChI=1S/C12H16N4O2/c1-7(2)16-11-9(5-13-16)12(17)15-10(14-11)8-3-4-18-6-8/h5,7-8H,3-4,6H2,1-2H3,(H,14,15,17). The zero-order valence-electron chi connectivity index (χ0n) is 10.5. The van der Waals surface area contributed by atoms with Crippen LogP contribution in [0, 0.1) is 0 Å². The molecule has 1 unspecified atom stereocenters. The third-order valence-electron chi connectivity index (χ3n) is 3.30. The third-order valence-corrected chi connectivity index (χ3v) is 3.30. The molecule has 3 heterocycles. The Morgan fingerprint density at radius 2 is 2.39 bits per heavy atom. The zero-order valence-corrected chi connectivity index (χ0v) is 10.5. The summed E-state index contributed by atoms with van der Waals surface area (Å²) < 4.78 is 7.16. The van der Waals surface area contributed by atoms with E-state index in [9.17, 15) is 4.79 Å². The van der Waals surface area contributed by atoms with E-state index in [-0.39, 0.29) is 17.5 Å². The van der Waals surface area contributed by atoms with Crippen LogP contribution in [-0.4, -0.2) is 33.0 Å². The van der Waals surface area contributed by atoms with Crippen LogP contribution in [0.2, 0.25) is 0 Å². The Hall–Kier alpha value is -1.69. The van der Waals surface area contributed by atoms with Gasteiger partial charge in [-0.3, -0.25) is 4.79 Å². The number of hydrogen-bond acceptors (Lipinski definition) is 4. The van der Waals surface area contributed by atoms with Crippen molar-refractivity contribution in [3.63, 3.8) is 0 Å². The number of aromatic amines is 1. The average Bonchev–Trinajstić information content (AvgIpc) is 2.97. The van der Waals surface area contributed by atoms with Crippen LogP contribution in [0.25, 0.3) is 11.0 Å². The molecule has 0 bridgehead atoms. The lowest BCUT2D eigenvalue weighted by Crippen LogP contribution is -2.16. The van der Waals surface area contributed by atoms with Crippen molar-refractivity contribution in [3.05, 3.63) is 22.4 Å². The van der Waals surface area contributed by atoms with E-state index in [1.165, 1.54) is 0 Å². The molecule has 6 nitrogen and oxygen atoms in total. The number of aromatic nitrogens is 4. The van der Waals surface area contributed by atoms with Crippen molar-refractivity contribution in [3.8, 4) is 0 Å². The van der Waals surface area contributed by atoms with Crippen LogP contribution in [0.3, 0.4) is 0 Å². The summed E-state index contributed by atoms with van der Waals surface area (Å²) in [6.45, 7) is 5.42. The quantitative estimate of drug-likeness (QED) is 0.866. The fraction of sp³-hybridized carbons (Fsp3) is 0.583. The van der Waals surface area contributed by atoms with Gasteiger partial charge in [0.05, 0.1) is 12.8 Å². The van der Waals surface area contributed by atoms with Crippen LogP contribution in [-0.2, 0) is 4.74 Å². The Labute approximate surface area is 104 Å². The molecular weight excluding hydrogens is 232 g/mol. The maximum Gasteiger partial charge on any atom is 0.284 e. The topological polar surface area (TPSA) is 72.8 Å². The van der Waals surface area contributed by atoms with Gasteiger partial charge in [-0.1, -0.05) is 0 Å². The lowest BCUT2D eigenvalue weighted by atomic mass is 10.1. The fourth-order valence-electron chi connectivity index (χ4n) is 2.30. The van der Waals surface area contributed by atoms with Gasteiger partial charge in [-0.15, -0.1) is 0 Å². The predicted octanol–water partition coefficient (Wildman–Crippen LogP) is 1.20. The molecule has 0 amide bonds. The minimum Gasteiger partial charge on any atom is -0.381 e. The number of H-pyrrole nitrogens is 1. The van der Waals surface area contributed by atoms with Crippen LogP contribution in [0.1, 0.15) is 38.1 Å². The van der Waals surface area contributed by atoms with Gasteiger partial charge >= 0.3 is 0 Å². The highest BCUT2D eigenvalue weighted by Gasteiger charge is 2.22. The Balaban J connectivity index is 2.17. The lowest BCUT2D eigenvalue weighted by molar-refractivity contribution is 0.193. The van der Waals surface area contributed by atoms with Gasteiger partial charge in [0, 0.05) is 18.6 Å². The molecule has 3 rings (SSSR count). The molecule has 6 heteroatoms. The summed E-state index contributed by atoms with van der Waals surface area (Å²) in [5, 5.41) is 4.79. The number of rotatable bonds is 2. The predicted molar refractivity (Wildman–Crippen MR) is 66.7 cm³/mol. The summed E-state index contributed by atoms with van der Waals surface area (Å²) >= 11 is 0. The molecule has 0 spiro atoms. The van der Waals surface area contributed by atoms with Gasteiger partial charge in [-0.25, -0.2) is 4.68 Å². The Morgan fingerprint density at radius 3 is 3.06 bits per heavy atom. The number of hydrogen-bond donors (Lipinski definition) is 1. The SMILES string of the molecule is CC(C)n1ncc2c(=O)nc(C3CCOC3)[nH]c21. The molecule has 0 aliphatic carbocycles. The first-order chi connectivity index (χ1) is 8.66. The highest BCUT2D eigenvalue weighted by Crippen LogP contribution is 2.22. The van der Waals surface area contributed by atoms with Crippen LogP contribution >= 0.6 is 0 Å². The minimum absolute atomic E-state index is 0.192. The molecule has 1 saturated heterocycles. The normalized spacial score (nSPS) is 20.1. The Kier molecular flexibility index (Phi) is 2.66. The smallest absolute Gasteiger partial charge is 0.284 e. The molecule has 18 heavy (non-hydrogen) atoms. The Bertz CT molecular complexity index is 623. The molecule has 2 aromatic heterocycles. The highest BCUT2D eigenvalue weighted by molar-refractivity contribution is 5.73. The Morgan fingerprint density at radius 1 is 1.56 bits per heavy atom. The lowest BCUT2D eigenvalue weighted by Gasteiger charge is -2.10. The van der Waals surface area contributed by atoms with Crippen LogP contribution < -0.4 is 5.56 Å². The van der Waals surface area contributed by atoms with E-state index in [1.54, 1.807) is 6.20 Å². The molecule has 96 valence electrons. The molecule has 1 atom stereocenters. The van der Waals surface area contributed by atoms with E-state index in [4.69, 9.17) is 4.74 Å².